The van der Waals surface area contributed by atoms with Gasteiger partial charge in [0.1, 0.15) is 0 Å². The van der Waals surface area contributed by atoms with Crippen LogP contribution in [0.3, 0.4) is 0 Å². The smallest absolute Gasteiger partial charge is 0.176 e. The number of aromatic nitrogens is 4. The molecule has 0 saturated heterocycles. The first-order valence-corrected chi connectivity index (χ1v) is 6.13. The van der Waals surface area contributed by atoms with Crippen LogP contribution < -0.4 is 5.32 Å². The summed E-state index contributed by atoms with van der Waals surface area (Å²) in [6, 6.07) is 0.453. The van der Waals surface area contributed by atoms with Crippen LogP contribution in [0.25, 0.3) is 0 Å². The quantitative estimate of drug-likeness (QED) is 0.756. The molecule has 0 fully saturated rings. The second-order valence-electron chi connectivity index (χ2n) is 4.33. The number of hydrogen-bond acceptors (Lipinski definition) is 4. The molecule has 0 aliphatic heterocycles. The summed E-state index contributed by atoms with van der Waals surface area (Å²) < 4.78 is 0. The maximum atomic E-state index is 4.23. The fraction of sp³-hybridized carbons (Fsp3) is 0.909. The Hall–Kier alpha value is -0.970. The van der Waals surface area contributed by atoms with Gasteiger partial charge in [0.05, 0.1) is 7.05 Å². The van der Waals surface area contributed by atoms with Crippen molar-refractivity contribution in [3.8, 4) is 0 Å². The van der Waals surface area contributed by atoms with E-state index < -0.39 is 0 Å². The highest BCUT2D eigenvalue weighted by Crippen LogP contribution is 2.13. The minimum atomic E-state index is 0.453. The summed E-state index contributed by atoms with van der Waals surface area (Å²) >= 11 is 0. The number of nitrogens with one attached hydrogen (secondary N) is 1. The molecule has 1 rings (SSSR count). The fourth-order valence-corrected chi connectivity index (χ4v) is 1.99. The first kappa shape index (κ1) is 13.1. The van der Waals surface area contributed by atoms with Gasteiger partial charge < -0.3 is 5.32 Å². The number of aryl methyl sites for hydroxylation is 1. The van der Waals surface area contributed by atoms with Crippen molar-refractivity contribution in [3.63, 3.8) is 0 Å². The molecule has 0 amide bonds. The van der Waals surface area contributed by atoms with E-state index in [0.29, 0.717) is 12.0 Å². The van der Waals surface area contributed by atoms with E-state index in [1.54, 1.807) is 7.05 Å². The molecule has 2 atom stereocenters. The maximum absolute atomic E-state index is 4.23. The van der Waals surface area contributed by atoms with Crippen LogP contribution in [0.15, 0.2) is 0 Å². The standard InChI is InChI=1S/C11H23N5/c1-5-7-9(3)10(12-6-2)8-11-13-15-16(4)14-11/h9-10,12H,5-8H2,1-4H3. The number of likely N-dealkylation sites (N-methyl/N-ethyl adjacent to an activating group) is 1. The van der Waals surface area contributed by atoms with E-state index in [-0.39, 0.29) is 0 Å². The molecule has 0 aliphatic carbocycles. The molecule has 16 heavy (non-hydrogen) atoms. The number of tetrazole rings is 1. The Labute approximate surface area is 97.6 Å². The van der Waals surface area contributed by atoms with Gasteiger partial charge in [0, 0.05) is 12.5 Å². The van der Waals surface area contributed by atoms with E-state index in [1.807, 2.05) is 0 Å². The molecule has 1 heterocycles. The normalized spacial score (nSPS) is 15.0. The zero-order chi connectivity index (χ0) is 12.0. The van der Waals surface area contributed by atoms with Gasteiger partial charge in [0.25, 0.3) is 0 Å². The van der Waals surface area contributed by atoms with Gasteiger partial charge in [-0.05, 0) is 24.1 Å². The van der Waals surface area contributed by atoms with Crippen molar-refractivity contribution >= 4 is 0 Å². The minimum absolute atomic E-state index is 0.453. The van der Waals surface area contributed by atoms with E-state index in [1.165, 1.54) is 17.6 Å². The summed E-state index contributed by atoms with van der Waals surface area (Å²) in [6.45, 7) is 7.63. The summed E-state index contributed by atoms with van der Waals surface area (Å²) in [5.41, 5.74) is 0. The number of rotatable bonds is 7. The van der Waals surface area contributed by atoms with Crippen LogP contribution in [-0.2, 0) is 13.5 Å². The third-order valence-corrected chi connectivity index (χ3v) is 2.85. The summed E-state index contributed by atoms with van der Waals surface area (Å²) in [5.74, 6) is 1.48. The lowest BCUT2D eigenvalue weighted by Gasteiger charge is -2.23. The van der Waals surface area contributed by atoms with Gasteiger partial charge in [-0.2, -0.15) is 4.80 Å². The first-order chi connectivity index (χ1) is 7.67. The minimum Gasteiger partial charge on any atom is -0.314 e. The van der Waals surface area contributed by atoms with Crippen LogP contribution in [0, 0.1) is 5.92 Å². The SMILES string of the molecule is CCCC(C)C(Cc1nnn(C)n1)NCC. The van der Waals surface area contributed by atoms with Crippen molar-refractivity contribution in [2.45, 2.75) is 46.1 Å². The van der Waals surface area contributed by atoms with Gasteiger partial charge in [-0.3, -0.25) is 0 Å². The van der Waals surface area contributed by atoms with E-state index in [2.05, 4.69) is 41.5 Å². The lowest BCUT2D eigenvalue weighted by molar-refractivity contribution is 0.353. The third-order valence-electron chi connectivity index (χ3n) is 2.85. The lowest BCUT2D eigenvalue weighted by atomic mass is 9.94. The highest BCUT2D eigenvalue weighted by Gasteiger charge is 2.18. The first-order valence-electron chi connectivity index (χ1n) is 6.13. The Kier molecular flexibility index (Phi) is 5.38. The molecule has 1 aromatic rings. The highest BCUT2D eigenvalue weighted by atomic mass is 15.6. The molecule has 92 valence electrons. The summed E-state index contributed by atoms with van der Waals surface area (Å²) in [4.78, 5) is 1.52. The molecule has 0 radical (unpaired) electrons. The predicted molar refractivity (Wildman–Crippen MR) is 64.0 cm³/mol. The van der Waals surface area contributed by atoms with E-state index in [0.717, 1.165) is 18.8 Å². The third kappa shape index (κ3) is 3.89. The topological polar surface area (TPSA) is 55.6 Å². The molecule has 2 unspecified atom stereocenters. The average Bonchev–Trinajstić information content (AvgIpc) is 2.64. The van der Waals surface area contributed by atoms with Crippen LogP contribution in [0.1, 0.15) is 39.4 Å². The molecule has 1 aromatic heterocycles. The Morgan fingerprint density at radius 1 is 1.38 bits per heavy atom. The molecule has 5 nitrogen and oxygen atoms in total. The summed E-state index contributed by atoms with van der Waals surface area (Å²) in [5, 5.41) is 15.6. The van der Waals surface area contributed by atoms with Crippen LogP contribution in [0.4, 0.5) is 0 Å². The largest absolute Gasteiger partial charge is 0.314 e. The molecule has 0 spiro atoms. The van der Waals surface area contributed by atoms with Gasteiger partial charge in [-0.1, -0.05) is 27.2 Å². The van der Waals surface area contributed by atoms with Gasteiger partial charge >= 0.3 is 0 Å². The van der Waals surface area contributed by atoms with Crippen molar-refractivity contribution in [2.24, 2.45) is 13.0 Å². The van der Waals surface area contributed by atoms with Crippen molar-refractivity contribution in [2.75, 3.05) is 6.54 Å². The van der Waals surface area contributed by atoms with Gasteiger partial charge in [0.2, 0.25) is 0 Å². The van der Waals surface area contributed by atoms with Gasteiger partial charge in [-0.15, -0.1) is 10.2 Å². The Morgan fingerprint density at radius 3 is 2.62 bits per heavy atom. The zero-order valence-corrected chi connectivity index (χ0v) is 10.8. The van der Waals surface area contributed by atoms with Gasteiger partial charge in [-0.25, -0.2) is 0 Å². The molecule has 0 aromatic carbocycles. The van der Waals surface area contributed by atoms with Crippen molar-refractivity contribution in [1.82, 2.24) is 25.5 Å². The molecule has 0 aliphatic rings. The average molecular weight is 225 g/mol. The Morgan fingerprint density at radius 2 is 2.12 bits per heavy atom. The van der Waals surface area contributed by atoms with Gasteiger partial charge in [0.15, 0.2) is 5.82 Å². The predicted octanol–water partition coefficient (Wildman–Crippen LogP) is 1.17. The van der Waals surface area contributed by atoms with E-state index in [9.17, 15) is 0 Å². The molecule has 0 bridgehead atoms. The second-order valence-corrected chi connectivity index (χ2v) is 4.33. The van der Waals surface area contributed by atoms with Crippen LogP contribution in [0.2, 0.25) is 0 Å². The van der Waals surface area contributed by atoms with E-state index >= 15 is 0 Å². The van der Waals surface area contributed by atoms with Crippen LogP contribution in [-0.4, -0.2) is 32.8 Å². The maximum Gasteiger partial charge on any atom is 0.176 e. The summed E-state index contributed by atoms with van der Waals surface area (Å²) in [7, 11) is 1.80. The zero-order valence-electron chi connectivity index (χ0n) is 10.8. The number of hydrogen-bond donors (Lipinski definition) is 1. The lowest BCUT2D eigenvalue weighted by Crippen LogP contribution is -2.37. The Bertz CT molecular complexity index is 296. The van der Waals surface area contributed by atoms with E-state index in [4.69, 9.17) is 0 Å². The fourth-order valence-electron chi connectivity index (χ4n) is 1.99. The van der Waals surface area contributed by atoms with Crippen LogP contribution in [0.5, 0.6) is 0 Å². The Balaban J connectivity index is 2.56. The highest BCUT2D eigenvalue weighted by molar-refractivity contribution is 4.86. The molecular weight excluding hydrogens is 202 g/mol. The van der Waals surface area contributed by atoms with Crippen LogP contribution >= 0.6 is 0 Å². The molecule has 5 heteroatoms. The number of nitrogens with zero attached hydrogens (tertiary/aromatic N) is 4. The summed E-state index contributed by atoms with van der Waals surface area (Å²) in [6.07, 6.45) is 3.32. The van der Waals surface area contributed by atoms with Crippen molar-refractivity contribution in [3.05, 3.63) is 5.82 Å². The van der Waals surface area contributed by atoms with Crippen molar-refractivity contribution < 1.29 is 0 Å². The molecule has 1 N–H and O–H groups in total. The molecular formula is C11H23N5. The van der Waals surface area contributed by atoms with Crippen molar-refractivity contribution in [1.29, 1.82) is 0 Å². The monoisotopic (exact) mass is 225 g/mol. The second kappa shape index (κ2) is 6.58. The molecule has 0 saturated carbocycles.